The molecule has 0 radical (unpaired) electrons. The van der Waals surface area contributed by atoms with Gasteiger partial charge in [-0.25, -0.2) is 0 Å². The molecule has 0 saturated carbocycles. The molecule has 4 aromatic carbocycles. The minimum Gasteiger partial charge on any atom is -0.0772 e. The molecule has 36 heavy (non-hydrogen) atoms. The van der Waals surface area contributed by atoms with Gasteiger partial charge in [-0.2, -0.15) is 0 Å². The van der Waals surface area contributed by atoms with Gasteiger partial charge in [0.2, 0.25) is 0 Å². The minimum atomic E-state index is 0.0142. The van der Waals surface area contributed by atoms with Crippen LogP contribution in [0.4, 0.5) is 0 Å². The van der Waals surface area contributed by atoms with Crippen molar-refractivity contribution in [2.75, 3.05) is 0 Å². The highest BCUT2D eigenvalue weighted by Crippen LogP contribution is 2.52. The van der Waals surface area contributed by atoms with Crippen LogP contribution in [0.25, 0.3) is 21.9 Å². The molecule has 0 aliphatic heterocycles. The highest BCUT2D eigenvalue weighted by molar-refractivity contribution is 6.03. The van der Waals surface area contributed by atoms with Crippen LogP contribution in [0.15, 0.2) is 96.1 Å². The number of hydrogen-bond donors (Lipinski definition) is 0. The molecule has 3 aliphatic rings. The summed E-state index contributed by atoms with van der Waals surface area (Å²) in [7, 11) is 0. The van der Waals surface area contributed by atoms with Crippen molar-refractivity contribution in [1.29, 1.82) is 0 Å². The van der Waals surface area contributed by atoms with Crippen molar-refractivity contribution in [2.24, 2.45) is 5.92 Å². The lowest BCUT2D eigenvalue weighted by Crippen LogP contribution is -2.21. The zero-order valence-corrected chi connectivity index (χ0v) is 21.9. The third-order valence-corrected chi connectivity index (χ3v) is 9.21. The van der Waals surface area contributed by atoms with E-state index in [1.807, 2.05) is 0 Å². The molecule has 3 aliphatic carbocycles. The van der Waals surface area contributed by atoms with Gasteiger partial charge in [0.25, 0.3) is 0 Å². The van der Waals surface area contributed by atoms with Crippen LogP contribution in [0.3, 0.4) is 0 Å². The van der Waals surface area contributed by atoms with Gasteiger partial charge in [0, 0.05) is 11.3 Å². The number of benzene rings is 4. The molecule has 0 heterocycles. The Morgan fingerprint density at radius 3 is 2.47 bits per heavy atom. The summed E-state index contributed by atoms with van der Waals surface area (Å²) in [5, 5.41) is 2.77. The quantitative estimate of drug-likeness (QED) is 0.276. The maximum absolute atomic E-state index is 2.54. The van der Waals surface area contributed by atoms with E-state index in [2.05, 4.69) is 113 Å². The summed E-state index contributed by atoms with van der Waals surface area (Å²) in [4.78, 5) is 0. The first-order chi connectivity index (χ1) is 17.4. The molecule has 4 aromatic rings. The van der Waals surface area contributed by atoms with E-state index in [4.69, 9.17) is 0 Å². The van der Waals surface area contributed by atoms with Gasteiger partial charge in [0.15, 0.2) is 0 Å². The number of allylic oxidation sites excluding steroid dienone is 4. The smallest absolute Gasteiger partial charge is 0.0159 e. The Morgan fingerprint density at radius 1 is 0.833 bits per heavy atom. The zero-order valence-electron chi connectivity index (χ0n) is 21.9. The Bertz CT molecular complexity index is 1610. The topological polar surface area (TPSA) is 0 Å². The summed E-state index contributed by atoms with van der Waals surface area (Å²) < 4.78 is 0. The van der Waals surface area contributed by atoms with Crippen LogP contribution in [-0.4, -0.2) is 0 Å². The van der Waals surface area contributed by atoms with E-state index in [9.17, 15) is 0 Å². The molecular formula is C36H34. The summed E-state index contributed by atoms with van der Waals surface area (Å²) in [5.74, 6) is 1.11. The molecule has 178 valence electrons. The predicted molar refractivity (Wildman–Crippen MR) is 153 cm³/mol. The van der Waals surface area contributed by atoms with Crippen LogP contribution in [0.1, 0.15) is 66.5 Å². The molecule has 2 atom stereocenters. The lowest BCUT2D eigenvalue weighted by Gasteiger charge is -2.35. The van der Waals surface area contributed by atoms with Gasteiger partial charge in [-0.3, -0.25) is 0 Å². The van der Waals surface area contributed by atoms with Gasteiger partial charge in [-0.15, -0.1) is 0 Å². The molecule has 0 saturated heterocycles. The highest BCUT2D eigenvalue weighted by Gasteiger charge is 2.37. The third-order valence-electron chi connectivity index (χ3n) is 9.21. The predicted octanol–water partition coefficient (Wildman–Crippen LogP) is 9.23. The van der Waals surface area contributed by atoms with Crippen molar-refractivity contribution in [2.45, 2.75) is 58.3 Å². The molecule has 0 amide bonds. The maximum Gasteiger partial charge on any atom is 0.0159 e. The Labute approximate surface area is 215 Å². The zero-order chi connectivity index (χ0) is 24.6. The fourth-order valence-corrected chi connectivity index (χ4v) is 7.47. The first-order valence-electron chi connectivity index (χ1n) is 13.6. The van der Waals surface area contributed by atoms with E-state index in [-0.39, 0.29) is 5.41 Å². The molecule has 0 heteroatoms. The number of fused-ring (bicyclic) bond motifs is 8. The van der Waals surface area contributed by atoms with Gasteiger partial charge in [-0.05, 0) is 93.0 Å². The van der Waals surface area contributed by atoms with E-state index < -0.39 is 0 Å². The van der Waals surface area contributed by atoms with E-state index in [1.165, 1.54) is 62.6 Å². The maximum atomic E-state index is 2.54. The Kier molecular flexibility index (Phi) is 4.74. The molecule has 0 aromatic heterocycles. The molecule has 2 unspecified atom stereocenters. The number of hydrogen-bond acceptors (Lipinski definition) is 0. The van der Waals surface area contributed by atoms with E-state index in [1.54, 1.807) is 16.7 Å². The monoisotopic (exact) mass is 466 g/mol. The first kappa shape index (κ1) is 21.9. The van der Waals surface area contributed by atoms with Crippen molar-refractivity contribution >= 4 is 10.8 Å². The van der Waals surface area contributed by atoms with Gasteiger partial charge < -0.3 is 0 Å². The van der Waals surface area contributed by atoms with E-state index in [0.717, 1.165) is 6.42 Å². The molecule has 0 spiro atoms. The number of aryl methyl sites for hydroxylation is 2. The van der Waals surface area contributed by atoms with Crippen molar-refractivity contribution in [3.8, 4) is 11.1 Å². The summed E-state index contributed by atoms with van der Waals surface area (Å²) in [5.41, 5.74) is 14.9. The largest absolute Gasteiger partial charge is 0.0772 e. The lowest BCUT2D eigenvalue weighted by molar-refractivity contribution is 0.553. The summed E-state index contributed by atoms with van der Waals surface area (Å²) in [6.45, 7) is 9.48. The van der Waals surface area contributed by atoms with Crippen LogP contribution in [0.5, 0.6) is 0 Å². The Hall–Kier alpha value is -3.38. The second kappa shape index (κ2) is 7.81. The number of rotatable bonds is 2. The van der Waals surface area contributed by atoms with E-state index in [0.29, 0.717) is 11.8 Å². The highest BCUT2D eigenvalue weighted by atomic mass is 14.4. The lowest BCUT2D eigenvalue weighted by atomic mass is 9.69. The SMILES string of the molecule is Cc1cc2c(c3ccccc13)-c1ccc(CC3=CC(C)C4C(=C3)CCc3ccccc34)cc1C2(C)C. The van der Waals surface area contributed by atoms with Crippen LogP contribution in [-0.2, 0) is 18.3 Å². The molecule has 0 N–H and O–H groups in total. The van der Waals surface area contributed by atoms with E-state index >= 15 is 0 Å². The van der Waals surface area contributed by atoms with Gasteiger partial charge in [0.05, 0.1) is 0 Å². The van der Waals surface area contributed by atoms with Crippen molar-refractivity contribution < 1.29 is 0 Å². The van der Waals surface area contributed by atoms with Crippen LogP contribution >= 0.6 is 0 Å². The molecule has 0 nitrogen and oxygen atoms in total. The second-order valence-electron chi connectivity index (χ2n) is 11.8. The first-order valence-corrected chi connectivity index (χ1v) is 13.6. The average molecular weight is 467 g/mol. The minimum absolute atomic E-state index is 0.0142. The summed E-state index contributed by atoms with van der Waals surface area (Å²) >= 11 is 0. The van der Waals surface area contributed by atoms with Crippen LogP contribution < -0.4 is 0 Å². The van der Waals surface area contributed by atoms with Gasteiger partial charge in [-0.1, -0.05) is 111 Å². The fraction of sp³-hybridized carbons (Fsp3) is 0.278. The van der Waals surface area contributed by atoms with Gasteiger partial charge in [0.1, 0.15) is 0 Å². The summed E-state index contributed by atoms with van der Waals surface area (Å²) in [6.07, 6.45) is 8.46. The third kappa shape index (κ3) is 3.13. The van der Waals surface area contributed by atoms with Crippen molar-refractivity contribution in [3.05, 3.63) is 129 Å². The molecule has 0 fully saturated rings. The Morgan fingerprint density at radius 2 is 1.61 bits per heavy atom. The molecular weight excluding hydrogens is 432 g/mol. The Balaban J connectivity index is 1.26. The van der Waals surface area contributed by atoms with Crippen LogP contribution in [0.2, 0.25) is 0 Å². The second-order valence-corrected chi connectivity index (χ2v) is 11.8. The summed E-state index contributed by atoms with van der Waals surface area (Å²) in [6, 6.07) is 27.7. The van der Waals surface area contributed by atoms with Crippen molar-refractivity contribution in [1.82, 2.24) is 0 Å². The van der Waals surface area contributed by atoms with Gasteiger partial charge >= 0.3 is 0 Å². The average Bonchev–Trinajstić information content (AvgIpc) is 3.10. The van der Waals surface area contributed by atoms with Crippen molar-refractivity contribution in [3.63, 3.8) is 0 Å². The molecule has 0 bridgehead atoms. The molecule has 7 rings (SSSR count). The standard InChI is InChI=1S/C36H34/c1-22-18-33-35(30-12-8-7-10-28(22)30)31-16-13-24(21-32(31)36(33,3)4)19-25-17-23(2)34-27(20-25)15-14-26-9-5-6-11-29(26)34/h5-13,16-18,20-21,23,34H,14-15,19H2,1-4H3. The van der Waals surface area contributed by atoms with Crippen LogP contribution in [0, 0.1) is 12.8 Å². The fourth-order valence-electron chi connectivity index (χ4n) is 7.47. The normalized spacial score (nSPS) is 21.2.